The van der Waals surface area contributed by atoms with Crippen LogP contribution in [-0.4, -0.2) is 75.2 Å². The van der Waals surface area contributed by atoms with E-state index in [1.165, 1.54) is 0 Å². The summed E-state index contributed by atoms with van der Waals surface area (Å²) in [6.07, 6.45) is 0. The van der Waals surface area contributed by atoms with Gasteiger partial charge in [0.05, 0.1) is 27.0 Å². The Morgan fingerprint density at radius 3 is 2.18 bits per heavy atom. The first-order valence-electron chi connectivity index (χ1n) is 11.2. The van der Waals surface area contributed by atoms with Crippen molar-refractivity contribution >= 4 is 17.6 Å². The molecule has 0 N–H and O–H groups in total. The highest BCUT2D eigenvalue weighted by Crippen LogP contribution is 2.40. The molecule has 4 rings (SSSR count). The molecule has 0 radical (unpaired) electrons. The van der Waals surface area contributed by atoms with Gasteiger partial charge >= 0.3 is 0 Å². The van der Waals surface area contributed by atoms with Crippen LogP contribution in [0.3, 0.4) is 0 Å². The lowest BCUT2D eigenvalue weighted by molar-refractivity contribution is -0.117. The van der Waals surface area contributed by atoms with Gasteiger partial charge < -0.3 is 19.1 Å². The Labute approximate surface area is 195 Å². The zero-order chi connectivity index (χ0) is 23.5. The molecule has 1 fully saturated rings. The van der Waals surface area contributed by atoms with Gasteiger partial charge in [0.1, 0.15) is 6.04 Å². The standard InChI is InChI=1S/C25H32N4O4/c1-17-6-9-20(10-7-17)29-24(30)18(2)26-25(29)28-14-12-27(13-15-28)16-19-8-11-21(31-3)23(33-5)22(19)32-4/h6-11,18H,12-16H2,1-5H3. The molecule has 8 nitrogen and oxygen atoms in total. The molecule has 0 aliphatic carbocycles. The van der Waals surface area contributed by atoms with Gasteiger partial charge in [-0.3, -0.25) is 9.69 Å². The first kappa shape index (κ1) is 22.9. The van der Waals surface area contributed by atoms with Crippen molar-refractivity contribution in [2.24, 2.45) is 4.99 Å². The van der Waals surface area contributed by atoms with Gasteiger partial charge in [-0.2, -0.15) is 0 Å². The number of benzene rings is 2. The summed E-state index contributed by atoms with van der Waals surface area (Å²) in [5.74, 6) is 2.73. The maximum absolute atomic E-state index is 12.9. The number of aryl methyl sites for hydroxylation is 1. The summed E-state index contributed by atoms with van der Waals surface area (Å²) in [5, 5.41) is 0. The lowest BCUT2D eigenvalue weighted by atomic mass is 10.1. The molecule has 0 saturated carbocycles. The van der Waals surface area contributed by atoms with Crippen molar-refractivity contribution < 1.29 is 19.0 Å². The van der Waals surface area contributed by atoms with Crippen LogP contribution in [0.25, 0.3) is 0 Å². The molecule has 176 valence electrons. The number of hydrogen-bond acceptors (Lipinski definition) is 7. The fraction of sp³-hybridized carbons (Fsp3) is 0.440. The monoisotopic (exact) mass is 452 g/mol. The zero-order valence-electron chi connectivity index (χ0n) is 20.0. The first-order chi connectivity index (χ1) is 16.0. The minimum Gasteiger partial charge on any atom is -0.493 e. The van der Waals surface area contributed by atoms with Crippen LogP contribution >= 0.6 is 0 Å². The molecule has 1 amide bonds. The number of anilines is 1. The molecule has 2 aromatic rings. The Hall–Kier alpha value is -3.26. The van der Waals surface area contributed by atoms with E-state index in [-0.39, 0.29) is 11.9 Å². The predicted molar refractivity (Wildman–Crippen MR) is 129 cm³/mol. The average molecular weight is 453 g/mol. The van der Waals surface area contributed by atoms with E-state index >= 15 is 0 Å². The number of ether oxygens (including phenoxy) is 3. The van der Waals surface area contributed by atoms with Crippen molar-refractivity contribution in [3.05, 3.63) is 47.5 Å². The highest BCUT2D eigenvalue weighted by Gasteiger charge is 2.37. The van der Waals surface area contributed by atoms with E-state index in [4.69, 9.17) is 19.2 Å². The summed E-state index contributed by atoms with van der Waals surface area (Å²) in [7, 11) is 4.88. The minimum atomic E-state index is -0.365. The summed E-state index contributed by atoms with van der Waals surface area (Å²) in [6.45, 7) is 7.91. The number of carbonyl (C=O) groups excluding carboxylic acids is 1. The summed E-state index contributed by atoms with van der Waals surface area (Å²) >= 11 is 0. The number of piperazine rings is 1. The van der Waals surface area contributed by atoms with Crippen LogP contribution in [-0.2, 0) is 11.3 Å². The van der Waals surface area contributed by atoms with E-state index < -0.39 is 0 Å². The van der Waals surface area contributed by atoms with Crippen molar-refractivity contribution in [1.82, 2.24) is 9.80 Å². The van der Waals surface area contributed by atoms with Gasteiger partial charge in [-0.05, 0) is 32.0 Å². The molecule has 2 heterocycles. The number of carbonyl (C=O) groups is 1. The summed E-state index contributed by atoms with van der Waals surface area (Å²) < 4.78 is 16.6. The second-order valence-corrected chi connectivity index (χ2v) is 8.37. The number of hydrogen-bond donors (Lipinski definition) is 0. The molecular formula is C25H32N4O4. The van der Waals surface area contributed by atoms with Crippen molar-refractivity contribution in [2.45, 2.75) is 26.4 Å². The van der Waals surface area contributed by atoms with Gasteiger partial charge in [-0.1, -0.05) is 23.8 Å². The number of nitrogens with zero attached hydrogens (tertiary/aromatic N) is 4. The third kappa shape index (κ3) is 4.48. The zero-order valence-corrected chi connectivity index (χ0v) is 20.0. The third-order valence-corrected chi connectivity index (χ3v) is 6.21. The van der Waals surface area contributed by atoms with Crippen molar-refractivity contribution in [3.8, 4) is 17.2 Å². The van der Waals surface area contributed by atoms with E-state index in [1.807, 2.05) is 50.2 Å². The predicted octanol–water partition coefficient (Wildman–Crippen LogP) is 2.93. The number of aliphatic imine (C=N–C) groups is 1. The summed E-state index contributed by atoms with van der Waals surface area (Å²) in [5.41, 5.74) is 3.08. The van der Waals surface area contributed by atoms with Crippen LogP contribution in [0.2, 0.25) is 0 Å². The van der Waals surface area contributed by atoms with Gasteiger partial charge in [-0.25, -0.2) is 9.89 Å². The molecule has 2 aliphatic heterocycles. The lowest BCUT2D eigenvalue weighted by Crippen LogP contribution is -2.53. The summed E-state index contributed by atoms with van der Waals surface area (Å²) in [6, 6.07) is 11.6. The number of rotatable bonds is 6. The Morgan fingerprint density at radius 1 is 0.909 bits per heavy atom. The smallest absolute Gasteiger partial charge is 0.258 e. The van der Waals surface area contributed by atoms with E-state index in [0.717, 1.165) is 55.5 Å². The molecule has 33 heavy (non-hydrogen) atoms. The van der Waals surface area contributed by atoms with Crippen LogP contribution < -0.4 is 19.1 Å². The highest BCUT2D eigenvalue weighted by molar-refractivity contribution is 6.21. The molecule has 1 saturated heterocycles. The molecule has 8 heteroatoms. The Balaban J connectivity index is 1.46. The molecule has 1 unspecified atom stereocenters. The van der Waals surface area contributed by atoms with Gasteiger partial charge in [0.15, 0.2) is 11.5 Å². The van der Waals surface area contributed by atoms with E-state index in [0.29, 0.717) is 17.2 Å². The van der Waals surface area contributed by atoms with E-state index in [9.17, 15) is 4.79 Å². The fourth-order valence-corrected chi connectivity index (χ4v) is 4.37. The topological polar surface area (TPSA) is 66.8 Å². The number of methoxy groups -OCH3 is 3. The SMILES string of the molecule is COc1ccc(CN2CCN(C3=NC(C)C(=O)N3c3ccc(C)cc3)CC2)c(OC)c1OC. The van der Waals surface area contributed by atoms with Crippen LogP contribution in [0.5, 0.6) is 17.2 Å². The maximum atomic E-state index is 12.9. The molecule has 2 aromatic carbocycles. The Bertz CT molecular complexity index is 1030. The molecule has 1 atom stereocenters. The quantitative estimate of drug-likeness (QED) is 0.672. The van der Waals surface area contributed by atoms with Crippen LogP contribution in [0.1, 0.15) is 18.1 Å². The number of guanidine groups is 1. The van der Waals surface area contributed by atoms with Crippen LogP contribution in [0.4, 0.5) is 5.69 Å². The van der Waals surface area contributed by atoms with Crippen LogP contribution in [0, 0.1) is 6.92 Å². The molecule has 0 bridgehead atoms. The Morgan fingerprint density at radius 2 is 1.58 bits per heavy atom. The highest BCUT2D eigenvalue weighted by atomic mass is 16.5. The Kier molecular flexibility index (Phi) is 6.74. The van der Waals surface area contributed by atoms with Gasteiger partial charge in [0.2, 0.25) is 11.7 Å². The van der Waals surface area contributed by atoms with Crippen molar-refractivity contribution in [1.29, 1.82) is 0 Å². The normalized spacial score (nSPS) is 19.0. The number of amides is 1. The molecular weight excluding hydrogens is 420 g/mol. The second-order valence-electron chi connectivity index (χ2n) is 8.37. The van der Waals surface area contributed by atoms with Crippen molar-refractivity contribution in [2.75, 3.05) is 52.4 Å². The second kappa shape index (κ2) is 9.70. The van der Waals surface area contributed by atoms with E-state index in [2.05, 4.69) is 9.80 Å². The average Bonchev–Trinajstić information content (AvgIpc) is 3.13. The fourth-order valence-electron chi connectivity index (χ4n) is 4.37. The maximum Gasteiger partial charge on any atom is 0.258 e. The molecule has 2 aliphatic rings. The van der Waals surface area contributed by atoms with Gasteiger partial charge in [-0.15, -0.1) is 0 Å². The molecule has 0 spiro atoms. The third-order valence-electron chi connectivity index (χ3n) is 6.21. The first-order valence-corrected chi connectivity index (χ1v) is 11.2. The minimum absolute atomic E-state index is 0.0198. The summed E-state index contributed by atoms with van der Waals surface area (Å²) in [4.78, 5) is 23.9. The molecule has 0 aromatic heterocycles. The van der Waals surface area contributed by atoms with Gasteiger partial charge in [0.25, 0.3) is 5.91 Å². The lowest BCUT2D eigenvalue weighted by Gasteiger charge is -2.38. The van der Waals surface area contributed by atoms with Gasteiger partial charge in [0, 0.05) is 38.3 Å². The van der Waals surface area contributed by atoms with E-state index in [1.54, 1.807) is 26.2 Å². The van der Waals surface area contributed by atoms with Crippen LogP contribution in [0.15, 0.2) is 41.4 Å². The largest absolute Gasteiger partial charge is 0.493 e. The van der Waals surface area contributed by atoms with Crippen molar-refractivity contribution in [3.63, 3.8) is 0 Å².